The number of morpholine rings is 1. The summed E-state index contributed by atoms with van der Waals surface area (Å²) >= 11 is 0. The third-order valence-electron chi connectivity index (χ3n) is 3.93. The van der Waals surface area contributed by atoms with Gasteiger partial charge in [-0.2, -0.15) is 0 Å². The summed E-state index contributed by atoms with van der Waals surface area (Å²) in [5.74, 6) is 1.46. The highest BCUT2D eigenvalue weighted by Crippen LogP contribution is 2.34. The van der Waals surface area contributed by atoms with Gasteiger partial charge in [0.15, 0.2) is 5.96 Å². The van der Waals surface area contributed by atoms with Gasteiger partial charge in [-0.15, -0.1) is 24.0 Å². The smallest absolute Gasteiger partial charge is 0.188 e. The third kappa shape index (κ3) is 6.58. The van der Waals surface area contributed by atoms with Gasteiger partial charge in [-0.1, -0.05) is 13.3 Å². The Balaban J connectivity index is 0.00000200. The zero-order valence-corrected chi connectivity index (χ0v) is 14.8. The molecule has 2 fully saturated rings. The molecule has 2 aliphatic rings. The van der Waals surface area contributed by atoms with Crippen molar-refractivity contribution < 1.29 is 4.74 Å². The van der Waals surface area contributed by atoms with Crippen LogP contribution in [0.1, 0.15) is 32.6 Å². The first-order chi connectivity index (χ1) is 9.29. The van der Waals surface area contributed by atoms with Crippen molar-refractivity contribution in [1.82, 2.24) is 10.2 Å². The molecule has 0 aromatic rings. The molecule has 118 valence electrons. The van der Waals surface area contributed by atoms with Gasteiger partial charge in [0.1, 0.15) is 0 Å². The summed E-state index contributed by atoms with van der Waals surface area (Å²) < 4.78 is 5.33. The highest BCUT2D eigenvalue weighted by molar-refractivity contribution is 14.0. The standard InChI is InChI=1S/C14H28N4O.HI/c1-2-4-12-11-13(12)17-14(15)16-5-3-6-18-7-9-19-10-8-18;/h12-13H,2-11H2,1H3,(H3,15,16,17);1H. The maximum atomic E-state index is 5.90. The van der Waals surface area contributed by atoms with E-state index < -0.39 is 0 Å². The number of hydrogen-bond acceptors (Lipinski definition) is 3. The molecule has 1 heterocycles. The summed E-state index contributed by atoms with van der Waals surface area (Å²) in [5, 5.41) is 3.32. The lowest BCUT2D eigenvalue weighted by atomic mass is 10.2. The van der Waals surface area contributed by atoms with Crippen molar-refractivity contribution >= 4 is 29.9 Å². The predicted octanol–water partition coefficient (Wildman–Crippen LogP) is 1.42. The second-order valence-corrected chi connectivity index (χ2v) is 5.61. The van der Waals surface area contributed by atoms with E-state index in [2.05, 4.69) is 22.1 Å². The van der Waals surface area contributed by atoms with E-state index in [1.54, 1.807) is 0 Å². The van der Waals surface area contributed by atoms with E-state index in [1.165, 1.54) is 19.3 Å². The molecule has 3 N–H and O–H groups in total. The topological polar surface area (TPSA) is 62.9 Å². The maximum absolute atomic E-state index is 5.90. The summed E-state index contributed by atoms with van der Waals surface area (Å²) in [7, 11) is 0. The third-order valence-corrected chi connectivity index (χ3v) is 3.93. The van der Waals surface area contributed by atoms with Gasteiger partial charge in [-0.3, -0.25) is 9.89 Å². The van der Waals surface area contributed by atoms with Crippen LogP contribution in [-0.4, -0.2) is 56.3 Å². The van der Waals surface area contributed by atoms with Crippen LogP contribution < -0.4 is 11.1 Å². The number of nitrogens with one attached hydrogen (secondary N) is 1. The molecule has 0 bridgehead atoms. The van der Waals surface area contributed by atoms with Gasteiger partial charge in [0.25, 0.3) is 0 Å². The highest BCUT2D eigenvalue weighted by atomic mass is 127. The monoisotopic (exact) mass is 396 g/mol. The summed E-state index contributed by atoms with van der Waals surface area (Å²) in [6.45, 7) is 8.00. The minimum atomic E-state index is 0. The molecule has 2 rings (SSSR count). The Morgan fingerprint density at radius 1 is 1.40 bits per heavy atom. The van der Waals surface area contributed by atoms with Crippen LogP contribution in [-0.2, 0) is 4.74 Å². The largest absolute Gasteiger partial charge is 0.379 e. The molecule has 0 aromatic carbocycles. The molecule has 0 amide bonds. The van der Waals surface area contributed by atoms with Crippen molar-refractivity contribution in [2.45, 2.75) is 38.6 Å². The van der Waals surface area contributed by atoms with Gasteiger partial charge in [0.05, 0.1) is 13.2 Å². The Hall–Kier alpha value is -0.0800. The molecule has 2 unspecified atom stereocenters. The van der Waals surface area contributed by atoms with E-state index in [-0.39, 0.29) is 24.0 Å². The van der Waals surface area contributed by atoms with Crippen LogP contribution in [0.4, 0.5) is 0 Å². The van der Waals surface area contributed by atoms with Crippen LogP contribution in [0.15, 0.2) is 4.99 Å². The molecule has 0 aromatic heterocycles. The summed E-state index contributed by atoms with van der Waals surface area (Å²) in [5.41, 5.74) is 5.90. The predicted molar refractivity (Wildman–Crippen MR) is 93.7 cm³/mol. The number of nitrogens with two attached hydrogens (primary N) is 1. The van der Waals surface area contributed by atoms with Gasteiger partial charge >= 0.3 is 0 Å². The number of guanidine groups is 1. The van der Waals surface area contributed by atoms with Crippen LogP contribution in [0.2, 0.25) is 0 Å². The molecule has 0 radical (unpaired) electrons. The Morgan fingerprint density at radius 3 is 2.85 bits per heavy atom. The molecular weight excluding hydrogens is 367 g/mol. The Bertz CT molecular complexity index is 295. The fraction of sp³-hybridized carbons (Fsp3) is 0.929. The molecule has 20 heavy (non-hydrogen) atoms. The van der Waals surface area contributed by atoms with E-state index in [4.69, 9.17) is 10.5 Å². The van der Waals surface area contributed by atoms with Crippen molar-refractivity contribution in [3.63, 3.8) is 0 Å². The lowest BCUT2D eigenvalue weighted by Gasteiger charge is -2.26. The highest BCUT2D eigenvalue weighted by Gasteiger charge is 2.36. The Labute approximate surface area is 139 Å². The number of halogens is 1. The van der Waals surface area contributed by atoms with E-state index in [1.807, 2.05) is 0 Å². The number of ether oxygens (including phenoxy) is 1. The van der Waals surface area contributed by atoms with E-state index in [0.717, 1.165) is 51.7 Å². The van der Waals surface area contributed by atoms with Crippen LogP contribution >= 0.6 is 24.0 Å². The molecule has 2 atom stereocenters. The maximum Gasteiger partial charge on any atom is 0.188 e. The number of hydrogen-bond donors (Lipinski definition) is 2. The second kappa shape index (κ2) is 9.78. The van der Waals surface area contributed by atoms with Crippen molar-refractivity contribution in [3.05, 3.63) is 0 Å². The summed E-state index contributed by atoms with van der Waals surface area (Å²) in [6, 6.07) is 0.586. The van der Waals surface area contributed by atoms with Crippen LogP contribution in [0.3, 0.4) is 0 Å². The van der Waals surface area contributed by atoms with Crippen molar-refractivity contribution in [2.24, 2.45) is 16.6 Å². The molecule has 1 saturated carbocycles. The van der Waals surface area contributed by atoms with E-state index in [9.17, 15) is 0 Å². The van der Waals surface area contributed by atoms with Gasteiger partial charge < -0.3 is 15.8 Å². The number of nitrogens with zero attached hydrogens (tertiary/aromatic N) is 2. The first-order valence-electron chi connectivity index (χ1n) is 7.66. The quantitative estimate of drug-likeness (QED) is 0.296. The molecule has 0 spiro atoms. The minimum absolute atomic E-state index is 0. The van der Waals surface area contributed by atoms with E-state index >= 15 is 0 Å². The lowest BCUT2D eigenvalue weighted by Crippen LogP contribution is -2.37. The first-order valence-corrected chi connectivity index (χ1v) is 7.66. The minimum Gasteiger partial charge on any atom is -0.379 e. The second-order valence-electron chi connectivity index (χ2n) is 5.61. The Morgan fingerprint density at radius 2 is 2.15 bits per heavy atom. The lowest BCUT2D eigenvalue weighted by molar-refractivity contribution is 0.0377. The van der Waals surface area contributed by atoms with Crippen LogP contribution in [0.5, 0.6) is 0 Å². The van der Waals surface area contributed by atoms with Crippen molar-refractivity contribution in [2.75, 3.05) is 39.4 Å². The molecule has 1 aliphatic carbocycles. The van der Waals surface area contributed by atoms with Crippen LogP contribution in [0, 0.1) is 5.92 Å². The average Bonchev–Trinajstić information content (AvgIpc) is 3.14. The molecular formula is C14H29IN4O. The number of aliphatic imine (C=N–C) groups is 1. The van der Waals surface area contributed by atoms with Crippen molar-refractivity contribution in [1.29, 1.82) is 0 Å². The fourth-order valence-electron chi connectivity index (χ4n) is 2.67. The summed E-state index contributed by atoms with van der Waals surface area (Å²) in [4.78, 5) is 6.84. The number of rotatable bonds is 7. The zero-order valence-electron chi connectivity index (χ0n) is 12.5. The normalized spacial score (nSPS) is 26.9. The SMILES string of the molecule is CCCC1CC1NC(N)=NCCCN1CCOCC1.I. The Kier molecular flexibility index (Phi) is 8.79. The fourth-order valence-corrected chi connectivity index (χ4v) is 2.67. The molecule has 1 aliphatic heterocycles. The van der Waals surface area contributed by atoms with Gasteiger partial charge in [-0.05, 0) is 25.2 Å². The first kappa shape index (κ1) is 18.0. The molecule has 5 nitrogen and oxygen atoms in total. The van der Waals surface area contributed by atoms with Gasteiger partial charge in [0, 0.05) is 32.2 Å². The average molecular weight is 396 g/mol. The van der Waals surface area contributed by atoms with Gasteiger partial charge in [-0.25, -0.2) is 0 Å². The zero-order chi connectivity index (χ0) is 13.5. The van der Waals surface area contributed by atoms with Crippen LogP contribution in [0.25, 0.3) is 0 Å². The van der Waals surface area contributed by atoms with Gasteiger partial charge in [0.2, 0.25) is 0 Å². The molecule has 1 saturated heterocycles. The summed E-state index contributed by atoms with van der Waals surface area (Å²) in [6.07, 6.45) is 4.91. The molecule has 6 heteroatoms. The van der Waals surface area contributed by atoms with Crippen molar-refractivity contribution in [3.8, 4) is 0 Å². The van der Waals surface area contributed by atoms with E-state index in [0.29, 0.717) is 12.0 Å².